The van der Waals surface area contributed by atoms with Crippen LogP contribution in [-0.2, 0) is 19.1 Å². The molecule has 16 nitrogen and oxygen atoms in total. The number of hydrogen-bond donors (Lipinski definition) is 4. The van der Waals surface area contributed by atoms with Crippen molar-refractivity contribution in [3.63, 3.8) is 0 Å². The molecule has 3 aliphatic heterocycles. The number of alkyl carbamates (subject to hydrolysis) is 2. The van der Waals surface area contributed by atoms with Crippen LogP contribution >= 0.6 is 0 Å². The molecule has 0 aliphatic carbocycles. The number of hydrogen-bond acceptors (Lipinski definition) is 10. The molecule has 346 valence electrons. The predicted octanol–water partition coefficient (Wildman–Crippen LogP) is 8.40. The molecule has 0 saturated carbocycles. The maximum atomic E-state index is 13.9. The molecular formula is C49H63N9O7. The van der Waals surface area contributed by atoms with Crippen LogP contribution in [0.25, 0.3) is 22.1 Å². The third kappa shape index (κ3) is 9.30. The molecule has 0 spiro atoms. The highest BCUT2D eigenvalue weighted by molar-refractivity contribution is 5.87. The van der Waals surface area contributed by atoms with E-state index in [-0.39, 0.29) is 53.9 Å². The van der Waals surface area contributed by atoms with E-state index in [4.69, 9.17) is 24.2 Å². The summed E-state index contributed by atoms with van der Waals surface area (Å²) in [5, 5.41) is 5.47. The Morgan fingerprint density at radius 3 is 1.65 bits per heavy atom. The van der Waals surface area contributed by atoms with Crippen LogP contribution in [0.1, 0.15) is 127 Å². The molecule has 0 unspecified atom stereocenters. The van der Waals surface area contributed by atoms with E-state index in [0.717, 1.165) is 94.8 Å². The summed E-state index contributed by atoms with van der Waals surface area (Å²) in [5.41, 5.74) is 6.82. The second-order valence-electron chi connectivity index (χ2n) is 18.6. The first-order valence-electron chi connectivity index (χ1n) is 23.1. The van der Waals surface area contributed by atoms with Crippen molar-refractivity contribution < 1.29 is 33.4 Å². The number of aromatic amines is 2. The predicted molar refractivity (Wildman–Crippen MR) is 247 cm³/mol. The van der Waals surface area contributed by atoms with Gasteiger partial charge in [0.15, 0.2) is 0 Å². The van der Waals surface area contributed by atoms with Crippen molar-refractivity contribution in [1.82, 2.24) is 40.4 Å². The number of ether oxygens (including phenoxy) is 3. The molecule has 2 aromatic heterocycles. The highest BCUT2D eigenvalue weighted by Gasteiger charge is 2.40. The standard InChI is InChI=1S/C49H63N9O7/c1-27(2)42(54-48(61)63-7)46(59)56-23-9-11-40(56)44-50-34-19-13-30(25-36(34)52-44)38-21-22-39(58(38)32-15-17-33(18-16-32)65-29(5)6)31-14-20-35-37(26-31)53-45(51-35)41-12-10-24-57(41)47(60)43(28(3)4)55-49(62)64-8/h13-20,25-29,38-43H,9-12,21-24H2,1-8H3,(H,50,52)(H,51,53)(H,54,61)(H,55,62)/t38-,39-,40+,41+,42+,43+/m1/s1. The van der Waals surface area contributed by atoms with Crippen LogP contribution in [0.5, 0.6) is 5.75 Å². The zero-order valence-corrected chi connectivity index (χ0v) is 38.7. The normalized spacial score (nSPS) is 20.9. The van der Waals surface area contributed by atoms with Gasteiger partial charge < -0.3 is 49.5 Å². The van der Waals surface area contributed by atoms with Crippen molar-refractivity contribution in [2.24, 2.45) is 11.8 Å². The number of aromatic nitrogens is 4. The molecule has 0 bridgehead atoms. The minimum absolute atomic E-state index is 0.0285. The summed E-state index contributed by atoms with van der Waals surface area (Å²) >= 11 is 0. The van der Waals surface area contributed by atoms with E-state index in [2.05, 4.69) is 74.0 Å². The van der Waals surface area contributed by atoms with Gasteiger partial charge in [0.1, 0.15) is 29.5 Å². The molecule has 4 amide bonds. The SMILES string of the molecule is COC(=O)N[C@H](C(=O)N1CCC[C@H]1c1nc2cc([C@H]3CC[C@H](c4ccc5nc([C@@H]6CCCN6C(=O)[C@@H](NC(=O)OC)C(C)C)[nH]c5c4)N3c3ccc(OC(C)C)cc3)ccc2[nH]1)C(C)C. The molecule has 65 heavy (non-hydrogen) atoms. The Morgan fingerprint density at radius 1 is 0.615 bits per heavy atom. The Hall–Kier alpha value is -6.32. The summed E-state index contributed by atoms with van der Waals surface area (Å²) in [6, 6.07) is 19.4. The zero-order valence-electron chi connectivity index (χ0n) is 38.7. The fourth-order valence-electron chi connectivity index (χ4n) is 10.00. The van der Waals surface area contributed by atoms with E-state index in [0.29, 0.717) is 13.1 Å². The summed E-state index contributed by atoms with van der Waals surface area (Å²) in [6.07, 6.45) is 3.79. The van der Waals surface area contributed by atoms with E-state index >= 15 is 0 Å². The van der Waals surface area contributed by atoms with Crippen LogP contribution in [0.4, 0.5) is 15.3 Å². The number of nitrogens with one attached hydrogen (secondary N) is 4. The van der Waals surface area contributed by atoms with Gasteiger partial charge in [-0.1, -0.05) is 39.8 Å². The first-order valence-corrected chi connectivity index (χ1v) is 23.1. The van der Waals surface area contributed by atoms with Crippen LogP contribution in [0.2, 0.25) is 0 Å². The van der Waals surface area contributed by atoms with Gasteiger partial charge in [-0.05, 0) is 124 Å². The number of rotatable bonds is 13. The summed E-state index contributed by atoms with van der Waals surface area (Å²) in [6.45, 7) is 12.9. The van der Waals surface area contributed by atoms with Gasteiger partial charge in [-0.15, -0.1) is 0 Å². The van der Waals surface area contributed by atoms with Gasteiger partial charge in [-0.2, -0.15) is 0 Å². The number of carbonyl (C=O) groups excluding carboxylic acids is 4. The fourth-order valence-corrected chi connectivity index (χ4v) is 10.00. The molecule has 6 atom stereocenters. The lowest BCUT2D eigenvalue weighted by Gasteiger charge is -2.33. The van der Waals surface area contributed by atoms with Gasteiger partial charge >= 0.3 is 12.2 Å². The highest BCUT2D eigenvalue weighted by Crippen LogP contribution is 2.48. The number of likely N-dealkylation sites (tertiary alicyclic amines) is 2. The number of amides is 4. The van der Waals surface area contributed by atoms with Crippen molar-refractivity contribution in [3.05, 3.63) is 83.4 Å². The monoisotopic (exact) mass is 889 g/mol. The van der Waals surface area contributed by atoms with Crippen LogP contribution < -0.4 is 20.3 Å². The molecule has 3 aliphatic rings. The summed E-state index contributed by atoms with van der Waals surface area (Å²) in [5.74, 6) is 1.75. The van der Waals surface area contributed by atoms with Gasteiger partial charge in [0.2, 0.25) is 11.8 Å². The average molecular weight is 890 g/mol. The molecule has 8 rings (SSSR count). The van der Waals surface area contributed by atoms with E-state index in [1.54, 1.807) is 0 Å². The molecule has 4 N–H and O–H groups in total. The maximum Gasteiger partial charge on any atom is 0.407 e. The number of methoxy groups -OCH3 is 2. The second kappa shape index (κ2) is 19.0. The van der Waals surface area contributed by atoms with Gasteiger partial charge in [0.05, 0.1) is 66.6 Å². The van der Waals surface area contributed by atoms with Gasteiger partial charge in [0.25, 0.3) is 0 Å². The third-order valence-corrected chi connectivity index (χ3v) is 13.2. The Balaban J connectivity index is 1.08. The lowest BCUT2D eigenvalue weighted by Crippen LogP contribution is -2.51. The van der Waals surface area contributed by atoms with Crippen LogP contribution in [0, 0.1) is 11.8 Å². The molecule has 16 heteroatoms. The quantitative estimate of drug-likeness (QED) is 0.0895. The molecule has 0 radical (unpaired) electrons. The first-order chi connectivity index (χ1) is 31.2. The molecular weight excluding hydrogens is 827 g/mol. The minimum Gasteiger partial charge on any atom is -0.491 e. The van der Waals surface area contributed by atoms with Gasteiger partial charge in [-0.25, -0.2) is 19.6 Å². The van der Waals surface area contributed by atoms with E-state index in [1.165, 1.54) is 14.2 Å². The van der Waals surface area contributed by atoms with Crippen molar-refractivity contribution >= 4 is 51.8 Å². The summed E-state index contributed by atoms with van der Waals surface area (Å²) in [4.78, 5) is 75.5. The Kier molecular flexibility index (Phi) is 13.2. The first kappa shape index (κ1) is 45.3. The topological polar surface area (TPSA) is 187 Å². The Labute approximate surface area is 380 Å². The number of anilines is 1. The lowest BCUT2D eigenvalue weighted by atomic mass is 10.0. The second-order valence-corrected chi connectivity index (χ2v) is 18.6. The zero-order chi connectivity index (χ0) is 46.1. The summed E-state index contributed by atoms with van der Waals surface area (Å²) in [7, 11) is 2.60. The molecule has 3 aromatic carbocycles. The molecule has 3 fully saturated rings. The number of fused-ring (bicyclic) bond motifs is 2. The van der Waals surface area contributed by atoms with Crippen molar-refractivity contribution in [2.45, 2.75) is 122 Å². The number of H-pyrrole nitrogens is 2. The van der Waals surface area contributed by atoms with Gasteiger partial charge in [-0.3, -0.25) is 9.59 Å². The fraction of sp³-hybridized carbons (Fsp3) is 0.510. The highest BCUT2D eigenvalue weighted by atomic mass is 16.5. The van der Waals surface area contributed by atoms with Crippen LogP contribution in [-0.4, -0.2) is 99.2 Å². The molecule has 3 saturated heterocycles. The lowest BCUT2D eigenvalue weighted by molar-refractivity contribution is -0.136. The van der Waals surface area contributed by atoms with Crippen molar-refractivity contribution in [1.29, 1.82) is 0 Å². The van der Waals surface area contributed by atoms with Crippen molar-refractivity contribution in [3.8, 4) is 5.75 Å². The Morgan fingerprint density at radius 2 is 1.12 bits per heavy atom. The average Bonchev–Trinajstić information content (AvgIpc) is 4.15. The minimum atomic E-state index is -0.712. The van der Waals surface area contributed by atoms with Crippen LogP contribution in [0.3, 0.4) is 0 Å². The van der Waals surface area contributed by atoms with E-state index in [1.807, 2.05) is 63.5 Å². The van der Waals surface area contributed by atoms with Crippen LogP contribution in [0.15, 0.2) is 60.7 Å². The Bertz CT molecular complexity index is 2370. The number of nitrogens with zero attached hydrogens (tertiary/aromatic N) is 5. The van der Waals surface area contributed by atoms with Gasteiger partial charge in [0, 0.05) is 18.8 Å². The molecule has 5 aromatic rings. The van der Waals surface area contributed by atoms with E-state index < -0.39 is 24.3 Å². The largest absolute Gasteiger partial charge is 0.491 e. The third-order valence-electron chi connectivity index (χ3n) is 13.2. The molecule has 5 heterocycles. The number of imidazole rings is 2. The number of benzene rings is 3. The smallest absolute Gasteiger partial charge is 0.407 e. The maximum absolute atomic E-state index is 13.9. The van der Waals surface area contributed by atoms with E-state index in [9.17, 15) is 19.2 Å². The summed E-state index contributed by atoms with van der Waals surface area (Å²) < 4.78 is 15.7. The number of carbonyl (C=O) groups is 4. The van der Waals surface area contributed by atoms with Crippen molar-refractivity contribution in [2.75, 3.05) is 32.2 Å².